The molecule has 1 atom stereocenters. The van der Waals surface area contributed by atoms with Crippen molar-refractivity contribution < 1.29 is 9.18 Å². The summed E-state index contributed by atoms with van der Waals surface area (Å²) >= 11 is 0. The normalized spacial score (nSPS) is 16.3. The Hall–Kier alpha value is -3.35. The number of nitrogens with one attached hydrogen (secondary N) is 1. The SMILES string of the molecule is CCC(=O)N1CCCC(c2nc(Nc3ccccc3F)cc(-c3cccnc3)n2)C1. The predicted molar refractivity (Wildman–Crippen MR) is 114 cm³/mol. The fraction of sp³-hybridized carbons (Fsp3) is 0.304. The topological polar surface area (TPSA) is 71.0 Å². The van der Waals surface area contributed by atoms with Crippen molar-refractivity contribution in [2.45, 2.75) is 32.1 Å². The number of aromatic nitrogens is 3. The van der Waals surface area contributed by atoms with E-state index in [0.29, 0.717) is 36.0 Å². The van der Waals surface area contributed by atoms with E-state index in [-0.39, 0.29) is 17.6 Å². The van der Waals surface area contributed by atoms with Gasteiger partial charge in [-0.25, -0.2) is 14.4 Å². The number of anilines is 2. The van der Waals surface area contributed by atoms with E-state index in [9.17, 15) is 9.18 Å². The fourth-order valence-electron chi connectivity index (χ4n) is 3.71. The largest absolute Gasteiger partial charge is 0.342 e. The van der Waals surface area contributed by atoms with Gasteiger partial charge in [0.1, 0.15) is 17.5 Å². The number of amides is 1. The monoisotopic (exact) mass is 405 g/mol. The highest BCUT2D eigenvalue weighted by atomic mass is 19.1. The lowest BCUT2D eigenvalue weighted by molar-refractivity contribution is -0.132. The first-order valence-electron chi connectivity index (χ1n) is 10.2. The van der Waals surface area contributed by atoms with Crippen molar-refractivity contribution >= 4 is 17.4 Å². The quantitative estimate of drug-likeness (QED) is 0.675. The molecule has 1 aliphatic heterocycles. The molecule has 6 nitrogen and oxygen atoms in total. The van der Waals surface area contributed by atoms with E-state index < -0.39 is 0 Å². The van der Waals surface area contributed by atoms with E-state index >= 15 is 0 Å². The van der Waals surface area contributed by atoms with Crippen molar-refractivity contribution in [1.29, 1.82) is 0 Å². The van der Waals surface area contributed by atoms with E-state index in [4.69, 9.17) is 9.97 Å². The Balaban J connectivity index is 1.70. The lowest BCUT2D eigenvalue weighted by atomic mass is 9.96. The van der Waals surface area contributed by atoms with Crippen LogP contribution in [0.2, 0.25) is 0 Å². The van der Waals surface area contributed by atoms with Crippen LogP contribution in [0.1, 0.15) is 37.9 Å². The Morgan fingerprint density at radius 1 is 1.23 bits per heavy atom. The molecule has 0 spiro atoms. The summed E-state index contributed by atoms with van der Waals surface area (Å²) in [5.74, 6) is 1.00. The van der Waals surface area contributed by atoms with Crippen LogP contribution < -0.4 is 5.32 Å². The molecule has 2 aromatic heterocycles. The Kier molecular flexibility index (Phi) is 5.97. The number of hydrogen-bond donors (Lipinski definition) is 1. The molecule has 1 aliphatic rings. The molecule has 0 bridgehead atoms. The van der Waals surface area contributed by atoms with Crippen LogP contribution in [0.25, 0.3) is 11.3 Å². The molecule has 0 radical (unpaired) electrons. The van der Waals surface area contributed by atoms with Crippen LogP contribution in [-0.4, -0.2) is 38.8 Å². The predicted octanol–water partition coefficient (Wildman–Crippen LogP) is 4.54. The number of likely N-dealkylation sites (tertiary alicyclic amines) is 1. The molecule has 4 rings (SSSR count). The molecule has 30 heavy (non-hydrogen) atoms. The molecule has 0 saturated carbocycles. The molecule has 1 N–H and O–H groups in total. The highest BCUT2D eigenvalue weighted by molar-refractivity contribution is 5.76. The summed E-state index contributed by atoms with van der Waals surface area (Å²) in [6.45, 7) is 3.25. The first-order valence-corrected chi connectivity index (χ1v) is 10.2. The fourth-order valence-corrected chi connectivity index (χ4v) is 3.71. The van der Waals surface area contributed by atoms with Crippen LogP contribution in [0, 0.1) is 5.82 Å². The van der Waals surface area contributed by atoms with E-state index in [0.717, 1.165) is 24.9 Å². The molecule has 7 heteroatoms. The van der Waals surface area contributed by atoms with Gasteiger partial charge >= 0.3 is 0 Å². The van der Waals surface area contributed by atoms with E-state index in [1.165, 1.54) is 6.07 Å². The second-order valence-corrected chi connectivity index (χ2v) is 7.38. The maximum atomic E-state index is 14.2. The summed E-state index contributed by atoms with van der Waals surface area (Å²) < 4.78 is 14.2. The maximum Gasteiger partial charge on any atom is 0.222 e. The number of piperidine rings is 1. The van der Waals surface area contributed by atoms with Gasteiger partial charge in [0.15, 0.2) is 0 Å². The smallest absolute Gasteiger partial charge is 0.222 e. The Morgan fingerprint density at radius 3 is 2.87 bits per heavy atom. The van der Waals surface area contributed by atoms with Crippen molar-refractivity contribution in [1.82, 2.24) is 19.9 Å². The van der Waals surface area contributed by atoms with E-state index in [1.54, 1.807) is 36.7 Å². The molecule has 0 aliphatic carbocycles. The van der Waals surface area contributed by atoms with Crippen molar-refractivity contribution in [3.05, 3.63) is 66.5 Å². The summed E-state index contributed by atoms with van der Waals surface area (Å²) in [6.07, 6.45) is 5.76. The Bertz CT molecular complexity index is 1030. The first kappa shape index (κ1) is 19.9. The summed E-state index contributed by atoms with van der Waals surface area (Å²) in [7, 11) is 0. The highest BCUT2D eigenvalue weighted by Crippen LogP contribution is 2.29. The van der Waals surface area contributed by atoms with Crippen molar-refractivity contribution in [2.24, 2.45) is 0 Å². The van der Waals surface area contributed by atoms with E-state index in [2.05, 4.69) is 10.3 Å². The standard InChI is InChI=1S/C23H24FN5O/c1-2-22(30)29-12-6-8-17(15-29)23-27-20(16-7-5-11-25-14-16)13-21(28-23)26-19-10-4-3-9-18(19)24/h3-5,7,9-11,13-14,17H,2,6,8,12,15H2,1H3,(H,26,27,28). The molecule has 1 unspecified atom stereocenters. The zero-order chi connectivity index (χ0) is 20.9. The van der Waals surface area contributed by atoms with Crippen LogP contribution in [0.15, 0.2) is 54.9 Å². The third-order valence-corrected chi connectivity index (χ3v) is 5.28. The number of carbonyl (C=O) groups is 1. The van der Waals surface area contributed by atoms with Gasteiger partial charge in [-0.1, -0.05) is 19.1 Å². The van der Waals surface area contributed by atoms with Crippen LogP contribution in [-0.2, 0) is 4.79 Å². The van der Waals surface area contributed by atoms with Crippen LogP contribution in [0.3, 0.4) is 0 Å². The van der Waals surface area contributed by atoms with Gasteiger partial charge in [-0.15, -0.1) is 0 Å². The average Bonchev–Trinajstić information content (AvgIpc) is 2.80. The number of nitrogens with zero attached hydrogens (tertiary/aromatic N) is 4. The van der Waals surface area contributed by atoms with Gasteiger partial charge in [-0.3, -0.25) is 9.78 Å². The molecule has 3 aromatic rings. The number of rotatable bonds is 5. The molecule has 3 heterocycles. The van der Waals surface area contributed by atoms with E-state index in [1.807, 2.05) is 24.0 Å². The van der Waals surface area contributed by atoms with Crippen molar-refractivity contribution in [3.63, 3.8) is 0 Å². The number of carbonyl (C=O) groups excluding carboxylic acids is 1. The van der Waals surface area contributed by atoms with Crippen LogP contribution in [0.5, 0.6) is 0 Å². The van der Waals surface area contributed by atoms with Gasteiger partial charge in [-0.05, 0) is 37.1 Å². The minimum Gasteiger partial charge on any atom is -0.342 e. The summed E-state index contributed by atoms with van der Waals surface area (Å²) in [4.78, 5) is 27.8. The number of halogens is 1. The third kappa shape index (κ3) is 4.45. The van der Waals surface area contributed by atoms with Crippen LogP contribution in [0.4, 0.5) is 15.9 Å². The van der Waals surface area contributed by atoms with Gasteiger partial charge < -0.3 is 10.2 Å². The summed E-state index contributed by atoms with van der Waals surface area (Å²) in [5, 5.41) is 3.08. The Labute approximate surface area is 175 Å². The molecule has 1 saturated heterocycles. The molecular formula is C23H24FN5O. The van der Waals surface area contributed by atoms with Crippen LogP contribution >= 0.6 is 0 Å². The highest BCUT2D eigenvalue weighted by Gasteiger charge is 2.26. The van der Waals surface area contributed by atoms with Crippen molar-refractivity contribution in [2.75, 3.05) is 18.4 Å². The number of hydrogen-bond acceptors (Lipinski definition) is 5. The number of benzene rings is 1. The summed E-state index contributed by atoms with van der Waals surface area (Å²) in [6, 6.07) is 12.1. The zero-order valence-corrected chi connectivity index (χ0v) is 16.9. The molecule has 1 amide bonds. The van der Waals surface area contributed by atoms with Gasteiger partial charge in [0, 0.05) is 49.5 Å². The lowest BCUT2D eigenvalue weighted by Gasteiger charge is -2.32. The van der Waals surface area contributed by atoms with Gasteiger partial charge in [0.2, 0.25) is 5.91 Å². The molecular weight excluding hydrogens is 381 g/mol. The van der Waals surface area contributed by atoms with Gasteiger partial charge in [0.25, 0.3) is 0 Å². The number of pyridine rings is 1. The molecule has 1 fully saturated rings. The average molecular weight is 405 g/mol. The number of para-hydroxylation sites is 1. The first-order chi connectivity index (χ1) is 14.6. The second kappa shape index (κ2) is 8.98. The minimum atomic E-state index is -0.349. The molecule has 154 valence electrons. The second-order valence-electron chi connectivity index (χ2n) is 7.38. The summed E-state index contributed by atoms with van der Waals surface area (Å²) in [5.41, 5.74) is 1.92. The minimum absolute atomic E-state index is 0.0343. The van der Waals surface area contributed by atoms with Crippen molar-refractivity contribution in [3.8, 4) is 11.3 Å². The van der Waals surface area contributed by atoms with Gasteiger partial charge in [-0.2, -0.15) is 0 Å². The maximum absolute atomic E-state index is 14.2. The van der Waals surface area contributed by atoms with Gasteiger partial charge in [0.05, 0.1) is 11.4 Å². The third-order valence-electron chi connectivity index (χ3n) is 5.28. The Morgan fingerprint density at radius 2 is 2.10 bits per heavy atom. The lowest BCUT2D eigenvalue weighted by Crippen LogP contribution is -2.39. The molecule has 1 aromatic carbocycles. The zero-order valence-electron chi connectivity index (χ0n) is 16.9.